The third-order valence-electron chi connectivity index (χ3n) is 4.56. The van der Waals surface area contributed by atoms with Gasteiger partial charge in [-0.3, -0.25) is 4.79 Å². The van der Waals surface area contributed by atoms with Crippen molar-refractivity contribution in [3.63, 3.8) is 0 Å². The fraction of sp³-hybridized carbons (Fsp3) is 0.611. The van der Waals surface area contributed by atoms with E-state index in [0.717, 1.165) is 38.2 Å². The molecule has 1 aromatic carbocycles. The van der Waals surface area contributed by atoms with Crippen LogP contribution >= 0.6 is 0 Å². The summed E-state index contributed by atoms with van der Waals surface area (Å²) >= 11 is 0. The maximum Gasteiger partial charge on any atom is 0.253 e. The standard InChI is InChI=1S/C18H25FN2O3/c1-2-6-20-7-8-21(17-10-15(19)3-4-16(17)20)18(22)13-24-12-14-5-9-23-11-14/h3-4,10,14H,2,5-9,11-13H2,1H3/t14-/m0/s1. The van der Waals surface area contributed by atoms with Crippen molar-refractivity contribution >= 4 is 17.3 Å². The van der Waals surface area contributed by atoms with E-state index in [1.54, 1.807) is 11.0 Å². The number of amides is 1. The lowest BCUT2D eigenvalue weighted by atomic mass is 10.1. The second-order valence-electron chi connectivity index (χ2n) is 6.41. The molecule has 0 aliphatic carbocycles. The summed E-state index contributed by atoms with van der Waals surface area (Å²) in [6, 6.07) is 4.66. The fourth-order valence-electron chi connectivity index (χ4n) is 3.31. The van der Waals surface area contributed by atoms with Gasteiger partial charge >= 0.3 is 0 Å². The molecule has 0 bridgehead atoms. The minimum atomic E-state index is -0.325. The van der Waals surface area contributed by atoms with Crippen LogP contribution in [0, 0.1) is 11.7 Å². The molecule has 2 heterocycles. The zero-order valence-electron chi connectivity index (χ0n) is 14.2. The molecule has 1 aromatic rings. The summed E-state index contributed by atoms with van der Waals surface area (Å²) in [7, 11) is 0. The highest BCUT2D eigenvalue weighted by molar-refractivity contribution is 5.98. The monoisotopic (exact) mass is 336 g/mol. The quantitative estimate of drug-likeness (QED) is 0.800. The summed E-state index contributed by atoms with van der Waals surface area (Å²) in [5, 5.41) is 0. The van der Waals surface area contributed by atoms with Crippen LogP contribution in [0.5, 0.6) is 0 Å². The first-order chi connectivity index (χ1) is 11.7. The first kappa shape index (κ1) is 17.2. The molecule has 2 aliphatic rings. The van der Waals surface area contributed by atoms with Crippen molar-refractivity contribution in [2.45, 2.75) is 19.8 Å². The molecule has 5 nitrogen and oxygen atoms in total. The maximum absolute atomic E-state index is 13.7. The Morgan fingerprint density at radius 3 is 3.00 bits per heavy atom. The summed E-state index contributed by atoms with van der Waals surface area (Å²) in [6.45, 7) is 6.38. The van der Waals surface area contributed by atoms with Crippen LogP contribution in [0.3, 0.4) is 0 Å². The van der Waals surface area contributed by atoms with Crippen LogP contribution in [0.1, 0.15) is 19.8 Å². The van der Waals surface area contributed by atoms with E-state index in [0.29, 0.717) is 31.4 Å². The highest BCUT2D eigenvalue weighted by Gasteiger charge is 2.27. The predicted octanol–water partition coefficient (Wildman–Crippen LogP) is 2.44. The van der Waals surface area contributed by atoms with Gasteiger partial charge in [0.25, 0.3) is 5.91 Å². The average molecular weight is 336 g/mol. The van der Waals surface area contributed by atoms with E-state index in [4.69, 9.17) is 9.47 Å². The number of halogens is 1. The molecular weight excluding hydrogens is 311 g/mol. The van der Waals surface area contributed by atoms with Crippen molar-refractivity contribution in [1.29, 1.82) is 0 Å². The molecule has 132 valence electrons. The second kappa shape index (κ2) is 7.94. The van der Waals surface area contributed by atoms with Crippen molar-refractivity contribution in [3.05, 3.63) is 24.0 Å². The molecule has 1 saturated heterocycles. The van der Waals surface area contributed by atoms with Crippen LogP contribution in [-0.4, -0.2) is 52.0 Å². The fourth-order valence-corrected chi connectivity index (χ4v) is 3.31. The summed E-state index contributed by atoms with van der Waals surface area (Å²) in [6.07, 6.45) is 2.00. The van der Waals surface area contributed by atoms with Crippen LogP contribution in [0.25, 0.3) is 0 Å². The van der Waals surface area contributed by atoms with Crippen LogP contribution in [0.15, 0.2) is 18.2 Å². The summed E-state index contributed by atoms with van der Waals surface area (Å²) in [5.41, 5.74) is 1.56. The van der Waals surface area contributed by atoms with E-state index in [1.165, 1.54) is 12.1 Å². The van der Waals surface area contributed by atoms with E-state index in [9.17, 15) is 9.18 Å². The number of carbonyl (C=O) groups excluding carboxylic acids is 1. The number of rotatable bonds is 6. The number of fused-ring (bicyclic) bond motifs is 1. The van der Waals surface area contributed by atoms with Crippen LogP contribution in [0.4, 0.5) is 15.8 Å². The largest absolute Gasteiger partial charge is 0.381 e. The van der Waals surface area contributed by atoms with E-state index in [2.05, 4.69) is 11.8 Å². The van der Waals surface area contributed by atoms with Gasteiger partial charge in [-0.15, -0.1) is 0 Å². The molecule has 0 aromatic heterocycles. The van der Waals surface area contributed by atoms with Gasteiger partial charge < -0.3 is 19.3 Å². The molecule has 1 fully saturated rings. The molecule has 0 radical (unpaired) electrons. The van der Waals surface area contributed by atoms with Crippen molar-refractivity contribution < 1.29 is 18.7 Å². The van der Waals surface area contributed by atoms with Gasteiger partial charge in [0.1, 0.15) is 12.4 Å². The van der Waals surface area contributed by atoms with Crippen molar-refractivity contribution in [2.24, 2.45) is 5.92 Å². The zero-order valence-corrected chi connectivity index (χ0v) is 14.2. The maximum atomic E-state index is 13.7. The van der Waals surface area contributed by atoms with Crippen molar-refractivity contribution in [2.75, 3.05) is 55.9 Å². The van der Waals surface area contributed by atoms with Crippen LogP contribution in [0.2, 0.25) is 0 Å². The Hall–Kier alpha value is -1.66. The van der Waals surface area contributed by atoms with Crippen molar-refractivity contribution in [1.82, 2.24) is 0 Å². The first-order valence-corrected chi connectivity index (χ1v) is 8.69. The highest BCUT2D eigenvalue weighted by atomic mass is 19.1. The third-order valence-corrected chi connectivity index (χ3v) is 4.56. The number of carbonyl (C=O) groups is 1. The number of anilines is 2. The highest BCUT2D eigenvalue weighted by Crippen LogP contribution is 2.34. The number of ether oxygens (including phenoxy) is 2. The smallest absolute Gasteiger partial charge is 0.253 e. The lowest BCUT2D eigenvalue weighted by molar-refractivity contribution is -0.123. The summed E-state index contributed by atoms with van der Waals surface area (Å²) in [4.78, 5) is 16.4. The molecule has 1 amide bonds. The van der Waals surface area contributed by atoms with Gasteiger partial charge in [-0.1, -0.05) is 6.92 Å². The van der Waals surface area contributed by atoms with Crippen LogP contribution in [-0.2, 0) is 14.3 Å². The Bertz CT molecular complexity index is 575. The SMILES string of the molecule is CCCN1CCN(C(=O)COC[C@H]2CCOC2)c2cc(F)ccc21. The summed E-state index contributed by atoms with van der Waals surface area (Å²) in [5.74, 6) is -0.0604. The molecule has 0 N–H and O–H groups in total. The molecular formula is C18H25FN2O3. The molecule has 1 atom stereocenters. The van der Waals surface area contributed by atoms with Gasteiger partial charge in [-0.25, -0.2) is 4.39 Å². The molecule has 3 rings (SSSR count). The van der Waals surface area contributed by atoms with Gasteiger partial charge in [0.2, 0.25) is 0 Å². The minimum absolute atomic E-state index is 0.0280. The van der Waals surface area contributed by atoms with E-state index in [-0.39, 0.29) is 18.3 Å². The lowest BCUT2D eigenvalue weighted by Crippen LogP contribution is -2.45. The van der Waals surface area contributed by atoms with Gasteiger partial charge in [-0.05, 0) is 31.0 Å². The number of benzene rings is 1. The first-order valence-electron chi connectivity index (χ1n) is 8.69. The van der Waals surface area contributed by atoms with E-state index in [1.807, 2.05) is 0 Å². The molecule has 0 unspecified atom stereocenters. The molecule has 6 heteroatoms. The van der Waals surface area contributed by atoms with Gasteiger partial charge in [0, 0.05) is 32.2 Å². The number of hydrogen-bond acceptors (Lipinski definition) is 4. The van der Waals surface area contributed by atoms with Gasteiger partial charge in [-0.2, -0.15) is 0 Å². The lowest BCUT2D eigenvalue weighted by Gasteiger charge is -2.37. The molecule has 2 aliphatic heterocycles. The Kier molecular flexibility index (Phi) is 5.68. The minimum Gasteiger partial charge on any atom is -0.381 e. The normalized spacial score (nSPS) is 20.3. The Balaban J connectivity index is 1.65. The predicted molar refractivity (Wildman–Crippen MR) is 91.0 cm³/mol. The third kappa shape index (κ3) is 3.87. The Morgan fingerprint density at radius 2 is 2.25 bits per heavy atom. The number of nitrogens with zero attached hydrogens (tertiary/aromatic N) is 2. The van der Waals surface area contributed by atoms with Gasteiger partial charge in [0.15, 0.2) is 0 Å². The molecule has 0 saturated carbocycles. The molecule has 0 spiro atoms. The Labute approximate surface area is 142 Å². The average Bonchev–Trinajstić information content (AvgIpc) is 3.08. The zero-order chi connectivity index (χ0) is 16.9. The number of hydrogen-bond donors (Lipinski definition) is 0. The summed E-state index contributed by atoms with van der Waals surface area (Å²) < 4.78 is 24.6. The van der Waals surface area contributed by atoms with Crippen molar-refractivity contribution in [3.8, 4) is 0 Å². The topological polar surface area (TPSA) is 42.0 Å². The van der Waals surface area contributed by atoms with Gasteiger partial charge in [0.05, 0.1) is 24.6 Å². The second-order valence-corrected chi connectivity index (χ2v) is 6.41. The molecule has 24 heavy (non-hydrogen) atoms. The van der Waals surface area contributed by atoms with E-state index >= 15 is 0 Å². The van der Waals surface area contributed by atoms with E-state index < -0.39 is 0 Å². The van der Waals surface area contributed by atoms with Crippen LogP contribution < -0.4 is 9.80 Å². The Morgan fingerprint density at radius 1 is 1.38 bits per heavy atom.